The van der Waals surface area contributed by atoms with Crippen LogP contribution in [0, 0.1) is 0 Å². The molecule has 2 heterocycles. The zero-order valence-electron chi connectivity index (χ0n) is 9.17. The second kappa shape index (κ2) is 3.87. The molecule has 1 aromatic carbocycles. The molecule has 0 spiro atoms. The van der Waals surface area contributed by atoms with Crippen molar-refractivity contribution in [3.8, 4) is 11.1 Å². The van der Waals surface area contributed by atoms with Crippen molar-refractivity contribution in [2.45, 2.75) is 0 Å². The van der Waals surface area contributed by atoms with Gasteiger partial charge in [-0.2, -0.15) is 0 Å². The molecule has 0 aliphatic carbocycles. The Bertz CT molecular complexity index is 672. The van der Waals surface area contributed by atoms with E-state index in [9.17, 15) is 0 Å². The fraction of sp³-hybridized carbons (Fsp3) is 0. The molecule has 3 rings (SSSR count). The second-order valence-electron chi connectivity index (χ2n) is 3.87. The molecule has 17 heavy (non-hydrogen) atoms. The lowest BCUT2D eigenvalue weighted by Gasteiger charge is -2.08. The Morgan fingerprint density at radius 3 is 2.53 bits per heavy atom. The van der Waals surface area contributed by atoms with Crippen molar-refractivity contribution < 1.29 is 0 Å². The van der Waals surface area contributed by atoms with E-state index in [0.29, 0.717) is 5.69 Å². The van der Waals surface area contributed by atoms with Crippen molar-refractivity contribution in [3.63, 3.8) is 0 Å². The van der Waals surface area contributed by atoms with Crippen LogP contribution in [0.5, 0.6) is 0 Å². The van der Waals surface area contributed by atoms with Crippen LogP contribution in [0.2, 0.25) is 0 Å². The first-order valence-electron chi connectivity index (χ1n) is 5.39. The van der Waals surface area contributed by atoms with Gasteiger partial charge in [-0.05, 0) is 23.1 Å². The molecule has 0 unspecified atom stereocenters. The Balaban J connectivity index is 2.35. The molecule has 3 aromatic rings. The maximum absolute atomic E-state index is 5.97. The molecule has 0 atom stereocenters. The Morgan fingerprint density at radius 2 is 1.65 bits per heavy atom. The zero-order valence-corrected chi connectivity index (χ0v) is 9.17. The number of pyridine rings is 2. The van der Waals surface area contributed by atoms with E-state index in [2.05, 4.69) is 16.0 Å². The van der Waals surface area contributed by atoms with Gasteiger partial charge in [0.05, 0.1) is 11.9 Å². The summed E-state index contributed by atoms with van der Waals surface area (Å²) in [4.78, 5) is 8.14. The van der Waals surface area contributed by atoms with Gasteiger partial charge >= 0.3 is 0 Å². The van der Waals surface area contributed by atoms with Crippen LogP contribution >= 0.6 is 0 Å². The molecule has 0 saturated carbocycles. The van der Waals surface area contributed by atoms with Gasteiger partial charge < -0.3 is 5.73 Å². The van der Waals surface area contributed by atoms with Crippen LogP contribution in [0.25, 0.3) is 21.9 Å². The van der Waals surface area contributed by atoms with Gasteiger partial charge in [-0.15, -0.1) is 0 Å². The topological polar surface area (TPSA) is 51.8 Å². The molecule has 2 aromatic heterocycles. The Kier molecular flexibility index (Phi) is 2.22. The van der Waals surface area contributed by atoms with Gasteiger partial charge in [0.15, 0.2) is 0 Å². The Labute approximate surface area is 98.9 Å². The summed E-state index contributed by atoms with van der Waals surface area (Å²) >= 11 is 0. The van der Waals surface area contributed by atoms with Crippen LogP contribution in [0.15, 0.2) is 55.1 Å². The molecule has 2 N–H and O–H groups in total. The summed E-state index contributed by atoms with van der Waals surface area (Å²) in [6, 6.07) is 10.1. The third-order valence-corrected chi connectivity index (χ3v) is 2.82. The number of benzene rings is 1. The fourth-order valence-electron chi connectivity index (χ4n) is 2.01. The summed E-state index contributed by atoms with van der Waals surface area (Å²) in [6.07, 6.45) is 7.08. The summed E-state index contributed by atoms with van der Waals surface area (Å²) in [5.41, 5.74) is 8.78. The van der Waals surface area contributed by atoms with Crippen LogP contribution in [0.4, 0.5) is 5.69 Å². The van der Waals surface area contributed by atoms with Gasteiger partial charge in [0.1, 0.15) is 0 Å². The number of nitrogens with two attached hydrogens (primary N) is 1. The fourth-order valence-corrected chi connectivity index (χ4v) is 2.01. The van der Waals surface area contributed by atoms with Gasteiger partial charge in [-0.3, -0.25) is 9.97 Å². The first kappa shape index (κ1) is 9.78. The molecule has 0 radical (unpaired) electrons. The van der Waals surface area contributed by atoms with Crippen LogP contribution < -0.4 is 5.73 Å². The first-order valence-corrected chi connectivity index (χ1v) is 5.39. The van der Waals surface area contributed by atoms with Crippen molar-refractivity contribution in [1.29, 1.82) is 0 Å². The molecular formula is C14H11N3. The number of aromatic nitrogens is 2. The van der Waals surface area contributed by atoms with E-state index in [-0.39, 0.29) is 0 Å². The maximum Gasteiger partial charge on any atom is 0.0580 e. The lowest BCUT2D eigenvalue weighted by atomic mass is 9.99. The standard InChI is InChI=1S/C14H11N3/c15-14-9-17-7-5-13(14)12-3-1-2-10-8-16-6-4-11(10)12/h1-9H,15H2. The van der Waals surface area contributed by atoms with Crippen LogP contribution in [0.1, 0.15) is 0 Å². The quantitative estimate of drug-likeness (QED) is 0.687. The lowest BCUT2D eigenvalue weighted by Crippen LogP contribution is -1.91. The number of rotatable bonds is 1. The maximum atomic E-state index is 5.97. The van der Waals surface area contributed by atoms with Crippen LogP contribution in [0.3, 0.4) is 0 Å². The highest BCUT2D eigenvalue weighted by Gasteiger charge is 2.06. The van der Waals surface area contributed by atoms with Gasteiger partial charge in [0.25, 0.3) is 0 Å². The SMILES string of the molecule is Nc1cnccc1-c1cccc2cnccc12. The van der Waals surface area contributed by atoms with E-state index in [0.717, 1.165) is 21.9 Å². The third-order valence-electron chi connectivity index (χ3n) is 2.82. The van der Waals surface area contributed by atoms with Crippen molar-refractivity contribution in [2.75, 3.05) is 5.73 Å². The molecule has 3 nitrogen and oxygen atoms in total. The largest absolute Gasteiger partial charge is 0.397 e. The number of hydrogen-bond acceptors (Lipinski definition) is 3. The molecule has 0 bridgehead atoms. The highest BCUT2D eigenvalue weighted by Crippen LogP contribution is 2.31. The first-order chi connectivity index (χ1) is 8.36. The number of nitrogen functional groups attached to an aromatic ring is 1. The molecule has 3 heteroatoms. The predicted octanol–water partition coefficient (Wildman–Crippen LogP) is 2.88. The van der Waals surface area contributed by atoms with Crippen LogP contribution in [-0.2, 0) is 0 Å². The highest BCUT2D eigenvalue weighted by molar-refractivity contribution is 5.98. The third kappa shape index (κ3) is 1.61. The van der Waals surface area contributed by atoms with Gasteiger partial charge in [-0.25, -0.2) is 0 Å². The smallest absolute Gasteiger partial charge is 0.0580 e. The van der Waals surface area contributed by atoms with E-state index in [4.69, 9.17) is 5.73 Å². The van der Waals surface area contributed by atoms with Gasteiger partial charge in [0.2, 0.25) is 0 Å². The van der Waals surface area contributed by atoms with E-state index >= 15 is 0 Å². The number of nitrogens with zero attached hydrogens (tertiary/aromatic N) is 2. The van der Waals surface area contributed by atoms with E-state index in [1.165, 1.54) is 0 Å². The average Bonchev–Trinajstić information content (AvgIpc) is 2.39. The van der Waals surface area contributed by atoms with Gasteiger partial charge in [0, 0.05) is 29.5 Å². The molecular weight excluding hydrogens is 210 g/mol. The molecule has 0 saturated heterocycles. The Hall–Kier alpha value is -2.42. The van der Waals surface area contributed by atoms with Crippen LogP contribution in [-0.4, -0.2) is 9.97 Å². The second-order valence-corrected chi connectivity index (χ2v) is 3.87. The zero-order chi connectivity index (χ0) is 11.7. The monoisotopic (exact) mass is 221 g/mol. The highest BCUT2D eigenvalue weighted by atomic mass is 14.7. The molecule has 0 fully saturated rings. The lowest BCUT2D eigenvalue weighted by molar-refractivity contribution is 1.33. The molecule has 0 aliphatic heterocycles. The Morgan fingerprint density at radius 1 is 0.824 bits per heavy atom. The van der Waals surface area contributed by atoms with Gasteiger partial charge in [-0.1, -0.05) is 18.2 Å². The molecule has 82 valence electrons. The summed E-state index contributed by atoms with van der Waals surface area (Å²) < 4.78 is 0. The summed E-state index contributed by atoms with van der Waals surface area (Å²) in [7, 11) is 0. The number of fused-ring (bicyclic) bond motifs is 1. The van der Waals surface area contributed by atoms with Crippen molar-refractivity contribution in [2.24, 2.45) is 0 Å². The number of anilines is 1. The summed E-state index contributed by atoms with van der Waals surface area (Å²) in [5, 5.41) is 2.27. The van der Waals surface area contributed by atoms with Crippen molar-refractivity contribution in [3.05, 3.63) is 55.1 Å². The minimum Gasteiger partial charge on any atom is -0.397 e. The van der Waals surface area contributed by atoms with Crippen molar-refractivity contribution in [1.82, 2.24) is 9.97 Å². The predicted molar refractivity (Wildman–Crippen MR) is 69.4 cm³/mol. The van der Waals surface area contributed by atoms with E-state index < -0.39 is 0 Å². The summed E-state index contributed by atoms with van der Waals surface area (Å²) in [5.74, 6) is 0. The van der Waals surface area contributed by atoms with E-state index in [1.807, 2.05) is 30.5 Å². The molecule has 0 aliphatic rings. The minimum absolute atomic E-state index is 0.691. The van der Waals surface area contributed by atoms with E-state index in [1.54, 1.807) is 18.6 Å². The minimum atomic E-state index is 0.691. The average molecular weight is 221 g/mol. The number of hydrogen-bond donors (Lipinski definition) is 1. The van der Waals surface area contributed by atoms with Crippen molar-refractivity contribution >= 4 is 16.5 Å². The summed E-state index contributed by atoms with van der Waals surface area (Å²) in [6.45, 7) is 0. The molecule has 0 amide bonds. The normalized spacial score (nSPS) is 10.6.